The molecule has 12 nitrogen and oxygen atoms in total. The molecule has 2 aromatic carbocycles. The summed E-state index contributed by atoms with van der Waals surface area (Å²) in [5.41, 5.74) is 2.80. The Morgan fingerprint density at radius 1 is 0.727 bits per heavy atom. The number of carbonyl (C=O) groups is 5. The van der Waals surface area contributed by atoms with Gasteiger partial charge in [-0.2, -0.15) is 0 Å². The molecule has 1 aromatic heterocycles. The van der Waals surface area contributed by atoms with Crippen molar-refractivity contribution in [2.45, 2.75) is 78.5 Å². The van der Waals surface area contributed by atoms with Crippen molar-refractivity contribution >= 4 is 40.8 Å². The molecule has 3 aromatic rings. The van der Waals surface area contributed by atoms with E-state index in [0.717, 1.165) is 42.9 Å². The van der Waals surface area contributed by atoms with Crippen LogP contribution in [-0.4, -0.2) is 60.9 Å². The van der Waals surface area contributed by atoms with Crippen molar-refractivity contribution in [2.75, 3.05) is 6.61 Å². The highest BCUT2D eigenvalue weighted by Crippen LogP contribution is 2.41. The molecule has 0 bridgehead atoms. The molecule has 5 atom stereocenters. The summed E-state index contributed by atoms with van der Waals surface area (Å²) in [6.07, 6.45) is -6.14. The van der Waals surface area contributed by atoms with Crippen LogP contribution in [0.2, 0.25) is 0 Å². The number of benzene rings is 2. The van der Waals surface area contributed by atoms with Crippen molar-refractivity contribution in [3.8, 4) is 5.75 Å². The molecule has 0 spiro atoms. The summed E-state index contributed by atoms with van der Waals surface area (Å²) in [7, 11) is 0. The summed E-state index contributed by atoms with van der Waals surface area (Å²) in [5, 5.41) is 0.941. The highest BCUT2D eigenvalue weighted by atomic mass is 16.7. The molecular weight excluding hydrogens is 576 g/mol. The predicted molar refractivity (Wildman–Crippen MR) is 152 cm³/mol. The number of hydrogen-bond acceptors (Lipinski definition) is 12. The Morgan fingerprint density at radius 3 is 2.02 bits per heavy atom. The normalized spacial score (nSPS) is 21.3. The van der Waals surface area contributed by atoms with Gasteiger partial charge in [-0.1, -0.05) is 17.7 Å². The maximum Gasteiger partial charge on any atom is 0.308 e. The Balaban J connectivity index is 1.83. The second-order valence-electron chi connectivity index (χ2n) is 10.5. The number of hydrogen-bond donors (Lipinski definition) is 0. The van der Waals surface area contributed by atoms with E-state index in [4.69, 9.17) is 32.8 Å². The highest BCUT2D eigenvalue weighted by molar-refractivity contribution is 5.79. The van der Waals surface area contributed by atoms with Crippen LogP contribution >= 0.6 is 0 Å². The first-order chi connectivity index (χ1) is 20.8. The fourth-order valence-electron chi connectivity index (χ4n) is 5.16. The van der Waals surface area contributed by atoms with E-state index in [2.05, 4.69) is 0 Å². The lowest BCUT2D eigenvalue weighted by molar-refractivity contribution is -0.254. The van der Waals surface area contributed by atoms with Crippen molar-refractivity contribution in [3.63, 3.8) is 0 Å². The zero-order chi connectivity index (χ0) is 32.1. The monoisotopic (exact) mass is 610 g/mol. The zero-order valence-corrected chi connectivity index (χ0v) is 25.2. The summed E-state index contributed by atoms with van der Waals surface area (Å²) in [6, 6.07) is 12.8. The van der Waals surface area contributed by atoms with E-state index in [0.29, 0.717) is 12.2 Å². The maximum absolute atomic E-state index is 12.3. The van der Waals surface area contributed by atoms with Crippen LogP contribution < -0.4 is 4.74 Å². The molecule has 4 rings (SSSR count). The molecule has 1 aliphatic rings. The number of carbonyl (C=O) groups excluding carboxylic acids is 5. The van der Waals surface area contributed by atoms with E-state index >= 15 is 0 Å². The molecule has 0 unspecified atom stereocenters. The minimum Gasteiger partial charge on any atom is -0.463 e. The van der Waals surface area contributed by atoms with E-state index < -0.39 is 67.0 Å². The van der Waals surface area contributed by atoms with E-state index in [-0.39, 0.29) is 11.3 Å². The average Bonchev–Trinajstić information content (AvgIpc) is 3.31. The number of furan rings is 1. The van der Waals surface area contributed by atoms with E-state index in [1.807, 2.05) is 31.2 Å². The third kappa shape index (κ3) is 8.01. The van der Waals surface area contributed by atoms with Crippen LogP contribution in [0.25, 0.3) is 11.0 Å². The molecule has 12 heteroatoms. The maximum atomic E-state index is 12.3. The molecule has 0 amide bonds. The second-order valence-corrected chi connectivity index (χ2v) is 10.5. The minimum absolute atomic E-state index is 0.0855. The summed E-state index contributed by atoms with van der Waals surface area (Å²) in [6.45, 7) is 7.44. The van der Waals surface area contributed by atoms with Crippen LogP contribution in [0, 0.1) is 6.92 Å². The Morgan fingerprint density at radius 2 is 1.39 bits per heavy atom. The number of esters is 5. The number of aryl methyl sites for hydroxylation is 1. The fraction of sp³-hybridized carbons (Fsp3) is 0.406. The lowest BCUT2D eigenvalue weighted by atomic mass is 9.89. The molecule has 44 heavy (non-hydrogen) atoms. The van der Waals surface area contributed by atoms with Crippen LogP contribution in [-0.2, 0) is 54.1 Å². The van der Waals surface area contributed by atoms with E-state index in [1.165, 1.54) is 13.8 Å². The van der Waals surface area contributed by atoms with Crippen molar-refractivity contribution in [2.24, 2.45) is 0 Å². The predicted octanol–water partition coefficient (Wildman–Crippen LogP) is 4.06. The van der Waals surface area contributed by atoms with Gasteiger partial charge in [0.1, 0.15) is 35.9 Å². The zero-order valence-electron chi connectivity index (χ0n) is 25.2. The Bertz CT molecular complexity index is 1570. The van der Waals surface area contributed by atoms with E-state index in [9.17, 15) is 24.0 Å². The van der Waals surface area contributed by atoms with Gasteiger partial charge in [0.05, 0.1) is 0 Å². The molecule has 2 heterocycles. The smallest absolute Gasteiger partial charge is 0.308 e. The van der Waals surface area contributed by atoms with Crippen molar-refractivity contribution < 1.29 is 56.8 Å². The van der Waals surface area contributed by atoms with Crippen LogP contribution in [0.4, 0.5) is 0 Å². The van der Waals surface area contributed by atoms with Crippen LogP contribution in [0.5, 0.6) is 5.75 Å². The van der Waals surface area contributed by atoms with Crippen molar-refractivity contribution in [1.82, 2.24) is 0 Å². The van der Waals surface area contributed by atoms with Crippen molar-refractivity contribution in [1.29, 1.82) is 0 Å². The van der Waals surface area contributed by atoms with Gasteiger partial charge in [-0.05, 0) is 42.8 Å². The Labute approximate surface area is 253 Å². The van der Waals surface area contributed by atoms with Crippen LogP contribution in [0.1, 0.15) is 63.2 Å². The molecule has 1 saturated heterocycles. The lowest BCUT2D eigenvalue weighted by Gasteiger charge is -2.44. The van der Waals surface area contributed by atoms with Gasteiger partial charge in [-0.3, -0.25) is 24.0 Å². The first-order valence-electron chi connectivity index (χ1n) is 13.9. The first-order valence-corrected chi connectivity index (χ1v) is 13.9. The molecule has 0 aliphatic carbocycles. The summed E-state index contributed by atoms with van der Waals surface area (Å²) < 4.78 is 39.7. The van der Waals surface area contributed by atoms with Crippen molar-refractivity contribution in [3.05, 3.63) is 64.9 Å². The summed E-state index contributed by atoms with van der Waals surface area (Å²) in [4.78, 5) is 60.5. The van der Waals surface area contributed by atoms with Gasteiger partial charge in [0.25, 0.3) is 0 Å². The average molecular weight is 611 g/mol. The highest BCUT2D eigenvalue weighted by Gasteiger charge is 2.53. The van der Waals surface area contributed by atoms with Gasteiger partial charge in [0, 0.05) is 52.0 Å². The van der Waals surface area contributed by atoms with Gasteiger partial charge in [-0.25, -0.2) is 0 Å². The first kappa shape index (κ1) is 32.2. The Hall–Kier alpha value is -4.71. The SMILES string of the molecule is CC(=O)OC[C@H]1O[C@@H](c2cc(Cc3cc4cc(C)ccc4o3)ccc2OC(C)=O)[C@H](OC(C)=O)[C@@H](OC(C)=O)[C@@H]1OC(C)=O. The standard InChI is InChI=1S/C32H34O12/c1-16-7-9-26-23(11-16)14-24(43-26)12-22-8-10-27(39-18(3)34)25(13-22)29-31(41-20(5)36)32(42-21(6)37)30(40-19(4)35)28(44-29)15-38-17(2)33/h7-11,13-14,28-32H,12,15H2,1-6H3/t28-,29+,30-,31+,32+/m1/s1. The molecule has 0 radical (unpaired) electrons. The van der Waals surface area contributed by atoms with Gasteiger partial charge in [0.15, 0.2) is 18.3 Å². The topological polar surface area (TPSA) is 154 Å². The molecular formula is C32H34O12. The third-order valence-electron chi connectivity index (χ3n) is 6.73. The molecule has 0 N–H and O–H groups in total. The molecule has 1 aliphatic heterocycles. The third-order valence-corrected chi connectivity index (χ3v) is 6.73. The molecule has 234 valence electrons. The van der Waals surface area contributed by atoms with Gasteiger partial charge in [-0.15, -0.1) is 0 Å². The van der Waals surface area contributed by atoms with Gasteiger partial charge >= 0.3 is 29.8 Å². The summed E-state index contributed by atoms with van der Waals surface area (Å²) in [5.74, 6) is -2.76. The molecule has 0 saturated carbocycles. The van der Waals surface area contributed by atoms with Gasteiger partial charge < -0.3 is 32.8 Å². The number of rotatable bonds is 9. The van der Waals surface area contributed by atoms with Crippen LogP contribution in [0.3, 0.4) is 0 Å². The molecule has 1 fully saturated rings. The van der Waals surface area contributed by atoms with Crippen LogP contribution in [0.15, 0.2) is 46.9 Å². The second kappa shape index (κ2) is 13.7. The van der Waals surface area contributed by atoms with Gasteiger partial charge in [0.2, 0.25) is 0 Å². The Kier molecular flexibility index (Phi) is 10.0. The summed E-state index contributed by atoms with van der Waals surface area (Å²) >= 11 is 0. The number of fused-ring (bicyclic) bond motifs is 1. The lowest BCUT2D eigenvalue weighted by Crippen LogP contribution is -2.59. The number of ether oxygens (including phenoxy) is 6. The fourth-order valence-corrected chi connectivity index (χ4v) is 5.16. The quantitative estimate of drug-likeness (QED) is 0.195. The largest absolute Gasteiger partial charge is 0.463 e. The van der Waals surface area contributed by atoms with E-state index in [1.54, 1.807) is 18.2 Å². The minimum atomic E-state index is -1.38.